The van der Waals surface area contributed by atoms with Crippen LogP contribution in [0.2, 0.25) is 0 Å². The maximum atomic E-state index is 17.2. The molecule has 0 atom stereocenters. The standard InChI is InChI=1S/C48H39F2N3/c1-47(2,3)31-21-35-29-18-13-19-30(20-29)39-25-33(27-14-9-7-10-15-27)41(49)45(51-39)46-42(50)34(28-16-11-8-12-17-28)26-40(52-46)38-24-32(48(4,5)6)23-37-36(22-31)43(35)53-44(37)38/h7-26,53H,1-6H3. The van der Waals surface area contributed by atoms with Crippen molar-refractivity contribution in [1.82, 2.24) is 15.0 Å². The van der Waals surface area contributed by atoms with Crippen LogP contribution in [0.3, 0.4) is 0 Å². The number of nitrogens with zero attached hydrogens (tertiary/aromatic N) is 2. The van der Waals surface area contributed by atoms with Crippen molar-refractivity contribution >= 4 is 21.8 Å². The third-order valence-electron chi connectivity index (χ3n) is 10.6. The molecule has 0 amide bonds. The van der Waals surface area contributed by atoms with E-state index in [1.54, 1.807) is 12.1 Å². The molecule has 53 heavy (non-hydrogen) atoms. The summed E-state index contributed by atoms with van der Waals surface area (Å²) in [6, 6.07) is 39.6. The maximum Gasteiger partial charge on any atom is 0.159 e. The van der Waals surface area contributed by atoms with Gasteiger partial charge in [0.2, 0.25) is 0 Å². The highest BCUT2D eigenvalue weighted by Crippen LogP contribution is 2.45. The van der Waals surface area contributed by atoms with E-state index in [9.17, 15) is 0 Å². The van der Waals surface area contributed by atoms with E-state index in [0.29, 0.717) is 33.6 Å². The molecule has 0 radical (unpaired) electrons. The summed E-state index contributed by atoms with van der Waals surface area (Å²) in [5.41, 5.74) is 10.3. The molecule has 0 spiro atoms. The zero-order valence-corrected chi connectivity index (χ0v) is 30.7. The fraction of sp³-hybridized carbons (Fsp3) is 0.167. The van der Waals surface area contributed by atoms with Crippen molar-refractivity contribution < 1.29 is 8.78 Å². The third-order valence-corrected chi connectivity index (χ3v) is 10.6. The van der Waals surface area contributed by atoms with Crippen LogP contribution in [0, 0.1) is 11.6 Å². The number of aromatic amines is 1. The molecule has 5 heteroatoms. The van der Waals surface area contributed by atoms with Crippen LogP contribution in [0.4, 0.5) is 8.78 Å². The Morgan fingerprint density at radius 2 is 0.887 bits per heavy atom. The molecule has 8 aromatic rings. The molecule has 8 bridgehead atoms. The van der Waals surface area contributed by atoms with Crippen molar-refractivity contribution in [2.75, 3.05) is 0 Å². The predicted molar refractivity (Wildman–Crippen MR) is 215 cm³/mol. The molecule has 0 saturated carbocycles. The molecular weight excluding hydrogens is 657 g/mol. The van der Waals surface area contributed by atoms with Crippen LogP contribution in [0.25, 0.3) is 89.1 Å². The number of benzene rings is 5. The van der Waals surface area contributed by atoms with E-state index in [0.717, 1.165) is 49.6 Å². The van der Waals surface area contributed by atoms with Crippen molar-refractivity contribution in [3.05, 3.63) is 144 Å². The van der Waals surface area contributed by atoms with Gasteiger partial charge in [-0.2, -0.15) is 0 Å². The molecule has 1 aliphatic heterocycles. The van der Waals surface area contributed by atoms with Crippen LogP contribution in [0.1, 0.15) is 52.7 Å². The van der Waals surface area contributed by atoms with E-state index >= 15 is 8.78 Å². The van der Waals surface area contributed by atoms with Crippen molar-refractivity contribution in [2.45, 2.75) is 52.4 Å². The van der Waals surface area contributed by atoms with E-state index in [-0.39, 0.29) is 22.2 Å². The number of H-pyrrole nitrogens is 1. The van der Waals surface area contributed by atoms with E-state index in [2.05, 4.69) is 82.9 Å². The van der Waals surface area contributed by atoms with E-state index in [1.807, 2.05) is 72.8 Å². The molecule has 0 unspecified atom stereocenters. The normalized spacial score (nSPS) is 12.5. The van der Waals surface area contributed by atoms with Gasteiger partial charge in [-0.3, -0.25) is 0 Å². The van der Waals surface area contributed by atoms with E-state index in [4.69, 9.17) is 9.97 Å². The summed E-state index contributed by atoms with van der Waals surface area (Å²) in [6.45, 7) is 13.3. The number of pyridine rings is 2. The minimum absolute atomic E-state index is 0.131. The zero-order chi connectivity index (χ0) is 36.8. The molecule has 0 aliphatic carbocycles. The van der Waals surface area contributed by atoms with Crippen LogP contribution >= 0.6 is 0 Å². The average Bonchev–Trinajstić information content (AvgIpc) is 3.53. The summed E-state index contributed by atoms with van der Waals surface area (Å²) in [6.07, 6.45) is 0. The molecule has 0 fully saturated rings. The second kappa shape index (κ2) is 11.8. The molecule has 260 valence electrons. The lowest BCUT2D eigenvalue weighted by Crippen LogP contribution is -2.11. The van der Waals surface area contributed by atoms with Crippen molar-refractivity contribution in [3.8, 4) is 67.3 Å². The number of hydrogen-bond donors (Lipinski definition) is 1. The monoisotopic (exact) mass is 695 g/mol. The fourth-order valence-corrected chi connectivity index (χ4v) is 7.56. The highest BCUT2D eigenvalue weighted by Gasteiger charge is 2.28. The zero-order valence-electron chi connectivity index (χ0n) is 30.7. The quantitative estimate of drug-likeness (QED) is 0.196. The summed E-state index contributed by atoms with van der Waals surface area (Å²) < 4.78 is 34.4. The highest BCUT2D eigenvalue weighted by atomic mass is 19.1. The van der Waals surface area contributed by atoms with Gasteiger partial charge in [0.1, 0.15) is 11.4 Å². The summed E-state index contributed by atoms with van der Waals surface area (Å²) in [5, 5.41) is 2.17. The van der Waals surface area contributed by atoms with Crippen LogP contribution in [0.15, 0.2) is 121 Å². The van der Waals surface area contributed by atoms with Gasteiger partial charge in [0.25, 0.3) is 0 Å². The highest BCUT2D eigenvalue weighted by molar-refractivity contribution is 6.16. The third kappa shape index (κ3) is 5.45. The van der Waals surface area contributed by atoms with Crippen molar-refractivity contribution in [1.29, 1.82) is 0 Å². The minimum Gasteiger partial charge on any atom is -0.353 e. The van der Waals surface area contributed by atoms with Gasteiger partial charge in [-0.25, -0.2) is 18.7 Å². The molecule has 1 N–H and O–H groups in total. The van der Waals surface area contributed by atoms with Gasteiger partial charge in [-0.15, -0.1) is 0 Å². The second-order valence-electron chi connectivity index (χ2n) is 16.3. The minimum atomic E-state index is -0.625. The molecule has 1 aliphatic rings. The van der Waals surface area contributed by atoms with Gasteiger partial charge in [-0.1, -0.05) is 120 Å². The average molecular weight is 696 g/mol. The molecular formula is C48H39F2N3. The van der Waals surface area contributed by atoms with E-state index in [1.165, 1.54) is 5.56 Å². The first kappa shape index (κ1) is 32.9. The smallest absolute Gasteiger partial charge is 0.159 e. The SMILES string of the molecule is CC(C)(C)c1cc2c3[nH]c4c(cc(C(C)(C)C)cc4c3c1)-c1cc(-c3ccccc3)c(F)c(n1)-c1nc(cc(-c3ccccc3)c1F)-c1cccc-2c1. The molecule has 4 heterocycles. The topological polar surface area (TPSA) is 41.6 Å². The lowest BCUT2D eigenvalue weighted by atomic mass is 9.82. The predicted octanol–water partition coefficient (Wildman–Crippen LogP) is 13.3. The van der Waals surface area contributed by atoms with Crippen LogP contribution < -0.4 is 0 Å². The largest absolute Gasteiger partial charge is 0.353 e. The van der Waals surface area contributed by atoms with Crippen molar-refractivity contribution in [2.24, 2.45) is 0 Å². The first-order valence-corrected chi connectivity index (χ1v) is 18.1. The fourth-order valence-electron chi connectivity index (χ4n) is 7.56. The Bertz CT molecular complexity index is 2750. The Balaban J connectivity index is 1.52. The van der Waals surface area contributed by atoms with Gasteiger partial charge in [0.15, 0.2) is 11.6 Å². The van der Waals surface area contributed by atoms with Crippen LogP contribution in [-0.2, 0) is 10.8 Å². The first-order chi connectivity index (χ1) is 25.3. The Morgan fingerprint density at radius 3 is 1.43 bits per heavy atom. The first-order valence-electron chi connectivity index (χ1n) is 18.1. The number of aromatic nitrogens is 3. The van der Waals surface area contributed by atoms with Gasteiger partial charge in [0, 0.05) is 38.6 Å². The molecule has 0 saturated heterocycles. The van der Waals surface area contributed by atoms with Gasteiger partial charge in [0.05, 0.1) is 22.4 Å². The van der Waals surface area contributed by atoms with E-state index < -0.39 is 11.6 Å². The lowest BCUT2D eigenvalue weighted by Gasteiger charge is -2.22. The maximum absolute atomic E-state index is 17.2. The number of rotatable bonds is 2. The number of halogens is 2. The molecule has 9 rings (SSSR count). The van der Waals surface area contributed by atoms with Gasteiger partial charge >= 0.3 is 0 Å². The van der Waals surface area contributed by atoms with Crippen LogP contribution in [-0.4, -0.2) is 15.0 Å². The summed E-state index contributed by atoms with van der Waals surface area (Å²) in [5.74, 6) is -1.25. The summed E-state index contributed by atoms with van der Waals surface area (Å²) in [7, 11) is 0. The van der Waals surface area contributed by atoms with Gasteiger partial charge < -0.3 is 4.98 Å². The Hall–Kier alpha value is -5.94. The second-order valence-corrected chi connectivity index (χ2v) is 16.3. The molecule has 3 aromatic heterocycles. The van der Waals surface area contributed by atoms with Crippen LogP contribution in [0.5, 0.6) is 0 Å². The Morgan fingerprint density at radius 1 is 0.434 bits per heavy atom. The number of fused-ring (bicyclic) bond motifs is 11. The molecule has 5 aromatic carbocycles. The Labute approximate surface area is 308 Å². The summed E-state index contributed by atoms with van der Waals surface area (Å²) >= 11 is 0. The summed E-state index contributed by atoms with van der Waals surface area (Å²) in [4.78, 5) is 13.8. The molecule has 3 nitrogen and oxygen atoms in total. The number of nitrogens with one attached hydrogen (secondary N) is 1. The van der Waals surface area contributed by atoms with Gasteiger partial charge in [-0.05, 0) is 81.1 Å². The number of hydrogen-bond acceptors (Lipinski definition) is 2. The lowest BCUT2D eigenvalue weighted by molar-refractivity contribution is 0.590. The Kier molecular flexibility index (Phi) is 7.33. The van der Waals surface area contributed by atoms with Crippen molar-refractivity contribution in [3.63, 3.8) is 0 Å².